The van der Waals surface area contributed by atoms with E-state index in [2.05, 4.69) is 30.4 Å². The van der Waals surface area contributed by atoms with E-state index in [0.717, 1.165) is 5.56 Å². The highest BCUT2D eigenvalue weighted by Crippen LogP contribution is 2.42. The van der Waals surface area contributed by atoms with Crippen LogP contribution in [0.15, 0.2) is 60.8 Å². The van der Waals surface area contributed by atoms with Gasteiger partial charge in [-0.3, -0.25) is 14.6 Å². The van der Waals surface area contributed by atoms with E-state index in [0.29, 0.717) is 30.1 Å². The van der Waals surface area contributed by atoms with Crippen molar-refractivity contribution < 1.29 is 33.0 Å². The first-order valence-electron chi connectivity index (χ1n) is 12.0. The Balaban J connectivity index is 1.41. The van der Waals surface area contributed by atoms with Crippen LogP contribution in [0.4, 0.5) is 20.2 Å². The zero-order valence-electron chi connectivity index (χ0n) is 20.8. The molecule has 1 aliphatic heterocycles. The molecule has 38 heavy (non-hydrogen) atoms. The first kappa shape index (κ1) is 26.8. The average molecular weight is 527 g/mol. The number of halogens is 2. The Hall–Kier alpha value is -4.25. The SMILES string of the molecule is CC(C)C[C@H](CO)NC(=O)c1cc(CNc2ccccc2C(=O)Nc2ccc3c(c2)OC(F)(F)O3)ccn1. The molecule has 11 heteroatoms. The van der Waals surface area contributed by atoms with Crippen LogP contribution < -0.4 is 25.4 Å². The standard InChI is InChI=1S/C27H28F2N4O5/c1-16(2)11-19(15-34)33-26(36)22-12-17(9-10-30-22)14-31-21-6-4-3-5-20(21)25(35)32-18-7-8-23-24(13-18)38-27(28,29)37-23/h3-10,12-13,16,19,31,34H,11,14-15H2,1-2H3,(H,32,35)(H,33,36)/t19-/m1/s1. The normalized spacial score (nSPS) is 14.2. The minimum absolute atomic E-state index is 0.118. The summed E-state index contributed by atoms with van der Waals surface area (Å²) in [7, 11) is 0. The van der Waals surface area contributed by atoms with Crippen molar-refractivity contribution in [3.63, 3.8) is 0 Å². The molecule has 4 N–H and O–H groups in total. The summed E-state index contributed by atoms with van der Waals surface area (Å²) in [4.78, 5) is 29.7. The summed E-state index contributed by atoms with van der Waals surface area (Å²) in [6, 6.07) is 13.8. The van der Waals surface area contributed by atoms with E-state index in [9.17, 15) is 23.5 Å². The number of carbonyl (C=O) groups excluding carboxylic acids is 2. The van der Waals surface area contributed by atoms with Crippen molar-refractivity contribution in [1.82, 2.24) is 10.3 Å². The molecule has 0 unspecified atom stereocenters. The number of nitrogens with zero attached hydrogens (tertiary/aromatic N) is 1. The van der Waals surface area contributed by atoms with E-state index in [1.807, 2.05) is 13.8 Å². The van der Waals surface area contributed by atoms with Gasteiger partial charge >= 0.3 is 6.29 Å². The number of aromatic nitrogens is 1. The van der Waals surface area contributed by atoms with Crippen LogP contribution in [0.1, 0.15) is 46.7 Å². The number of hydrogen-bond acceptors (Lipinski definition) is 7. The molecule has 0 saturated carbocycles. The summed E-state index contributed by atoms with van der Waals surface area (Å²) in [5, 5.41) is 18.2. The quantitative estimate of drug-likeness (QED) is 0.309. The maximum Gasteiger partial charge on any atom is 0.586 e. The van der Waals surface area contributed by atoms with Gasteiger partial charge in [-0.15, -0.1) is 8.78 Å². The predicted octanol–water partition coefficient (Wildman–Crippen LogP) is 4.40. The Morgan fingerprint density at radius 1 is 1.03 bits per heavy atom. The highest BCUT2D eigenvalue weighted by Gasteiger charge is 2.43. The maximum atomic E-state index is 13.3. The number of nitrogens with one attached hydrogen (secondary N) is 3. The molecular formula is C27H28F2N4O5. The number of fused-ring (bicyclic) bond motifs is 1. The number of rotatable bonds is 10. The summed E-state index contributed by atoms with van der Waals surface area (Å²) in [6.45, 7) is 4.14. The molecule has 200 valence electrons. The fourth-order valence-corrected chi connectivity index (χ4v) is 3.97. The maximum absolute atomic E-state index is 13.3. The molecule has 2 amide bonds. The van der Waals surface area contributed by atoms with Gasteiger partial charge in [-0.2, -0.15) is 0 Å². The van der Waals surface area contributed by atoms with Crippen molar-refractivity contribution >= 4 is 23.2 Å². The zero-order valence-corrected chi connectivity index (χ0v) is 20.8. The third kappa shape index (κ3) is 6.74. The Kier molecular flexibility index (Phi) is 8.06. The smallest absolute Gasteiger partial charge is 0.395 e. The number of amides is 2. The number of carbonyl (C=O) groups is 2. The average Bonchev–Trinajstić information content (AvgIpc) is 3.20. The van der Waals surface area contributed by atoms with Crippen LogP contribution in [0.2, 0.25) is 0 Å². The Labute approximate surface area is 218 Å². The molecule has 0 radical (unpaired) electrons. The lowest BCUT2D eigenvalue weighted by atomic mass is 10.0. The molecule has 3 aromatic rings. The number of para-hydroxylation sites is 1. The van der Waals surface area contributed by atoms with Crippen molar-refractivity contribution in [3.8, 4) is 11.5 Å². The minimum atomic E-state index is -3.75. The lowest BCUT2D eigenvalue weighted by Crippen LogP contribution is -2.38. The molecule has 0 bridgehead atoms. The second-order valence-electron chi connectivity index (χ2n) is 9.21. The molecule has 1 aromatic heterocycles. The fourth-order valence-electron chi connectivity index (χ4n) is 3.97. The van der Waals surface area contributed by atoms with Crippen LogP contribution in [0.3, 0.4) is 0 Å². The predicted molar refractivity (Wildman–Crippen MR) is 136 cm³/mol. The summed E-state index contributed by atoms with van der Waals surface area (Å²) in [6.07, 6.45) is -1.59. The second-order valence-corrected chi connectivity index (χ2v) is 9.21. The van der Waals surface area contributed by atoms with Crippen molar-refractivity contribution in [1.29, 1.82) is 0 Å². The highest BCUT2D eigenvalue weighted by molar-refractivity contribution is 6.08. The number of pyridine rings is 1. The molecule has 0 saturated heterocycles. The van der Waals surface area contributed by atoms with E-state index in [-0.39, 0.29) is 41.4 Å². The topological polar surface area (TPSA) is 122 Å². The summed E-state index contributed by atoms with van der Waals surface area (Å²) in [5.41, 5.74) is 2.07. The van der Waals surface area contributed by atoms with Crippen LogP contribution in [0.25, 0.3) is 0 Å². The van der Waals surface area contributed by atoms with Gasteiger partial charge in [-0.05, 0) is 54.3 Å². The van der Waals surface area contributed by atoms with E-state index in [4.69, 9.17) is 0 Å². The third-order valence-corrected chi connectivity index (χ3v) is 5.68. The fraction of sp³-hybridized carbons (Fsp3) is 0.296. The van der Waals surface area contributed by atoms with E-state index >= 15 is 0 Å². The van der Waals surface area contributed by atoms with Crippen molar-refractivity contribution in [2.24, 2.45) is 5.92 Å². The number of hydrogen-bond donors (Lipinski definition) is 4. The van der Waals surface area contributed by atoms with Crippen molar-refractivity contribution in [2.45, 2.75) is 39.1 Å². The molecule has 9 nitrogen and oxygen atoms in total. The monoisotopic (exact) mass is 526 g/mol. The Bertz CT molecular complexity index is 1320. The number of benzene rings is 2. The second kappa shape index (κ2) is 11.4. The van der Waals surface area contributed by atoms with Crippen LogP contribution in [0, 0.1) is 5.92 Å². The summed E-state index contributed by atoms with van der Waals surface area (Å²) >= 11 is 0. The molecule has 1 aliphatic rings. The van der Waals surface area contributed by atoms with Gasteiger partial charge < -0.3 is 30.5 Å². The Morgan fingerprint density at radius 2 is 1.79 bits per heavy atom. The van der Waals surface area contributed by atoms with Gasteiger partial charge in [0.05, 0.1) is 18.2 Å². The van der Waals surface area contributed by atoms with Gasteiger partial charge in [0.25, 0.3) is 11.8 Å². The van der Waals surface area contributed by atoms with Gasteiger partial charge in [0, 0.05) is 30.2 Å². The van der Waals surface area contributed by atoms with Crippen molar-refractivity contribution in [2.75, 3.05) is 17.2 Å². The third-order valence-electron chi connectivity index (χ3n) is 5.68. The van der Waals surface area contributed by atoms with Gasteiger partial charge in [-0.25, -0.2) is 0 Å². The number of aliphatic hydroxyl groups is 1. The largest absolute Gasteiger partial charge is 0.586 e. The Morgan fingerprint density at radius 3 is 2.55 bits per heavy atom. The van der Waals surface area contributed by atoms with Crippen LogP contribution in [-0.2, 0) is 6.54 Å². The van der Waals surface area contributed by atoms with Gasteiger partial charge in [-0.1, -0.05) is 26.0 Å². The van der Waals surface area contributed by atoms with Crippen molar-refractivity contribution in [3.05, 3.63) is 77.6 Å². The lowest BCUT2D eigenvalue weighted by molar-refractivity contribution is -0.286. The van der Waals surface area contributed by atoms with Crippen LogP contribution in [-0.4, -0.2) is 40.8 Å². The molecule has 1 atom stereocenters. The number of alkyl halides is 2. The minimum Gasteiger partial charge on any atom is -0.395 e. The summed E-state index contributed by atoms with van der Waals surface area (Å²) in [5.74, 6) is -0.830. The van der Waals surface area contributed by atoms with E-state index in [1.54, 1.807) is 36.4 Å². The zero-order chi connectivity index (χ0) is 27.3. The summed E-state index contributed by atoms with van der Waals surface area (Å²) < 4.78 is 35.4. The molecule has 0 fully saturated rings. The van der Waals surface area contributed by atoms with Gasteiger partial charge in [0.2, 0.25) is 0 Å². The van der Waals surface area contributed by atoms with E-state index in [1.165, 1.54) is 24.4 Å². The molecule has 2 heterocycles. The first-order valence-corrected chi connectivity index (χ1v) is 12.0. The van der Waals surface area contributed by atoms with E-state index < -0.39 is 12.2 Å². The molecular weight excluding hydrogens is 498 g/mol. The molecule has 2 aromatic carbocycles. The first-order chi connectivity index (χ1) is 18.1. The van der Waals surface area contributed by atoms with Gasteiger partial charge in [0.1, 0.15) is 5.69 Å². The number of anilines is 2. The highest BCUT2D eigenvalue weighted by atomic mass is 19.3. The number of ether oxygens (including phenoxy) is 2. The number of aliphatic hydroxyl groups excluding tert-OH is 1. The van der Waals surface area contributed by atoms with Crippen LogP contribution in [0.5, 0.6) is 11.5 Å². The molecule has 0 aliphatic carbocycles. The molecule has 0 spiro atoms. The van der Waals surface area contributed by atoms with Gasteiger partial charge in [0.15, 0.2) is 11.5 Å². The molecule has 4 rings (SSSR count). The van der Waals surface area contributed by atoms with Crippen LogP contribution >= 0.6 is 0 Å². The lowest BCUT2D eigenvalue weighted by Gasteiger charge is -2.18.